The van der Waals surface area contributed by atoms with Crippen LogP contribution in [0.2, 0.25) is 0 Å². The SMILES string of the molecule is CCC(C)c1ncc2c(n1)CNC2. The number of rotatable bonds is 2. The predicted molar refractivity (Wildman–Crippen MR) is 51.3 cm³/mol. The fourth-order valence-electron chi connectivity index (χ4n) is 1.49. The normalized spacial score (nSPS) is 17.1. The molecule has 0 radical (unpaired) electrons. The van der Waals surface area contributed by atoms with Crippen molar-refractivity contribution in [2.75, 3.05) is 0 Å². The van der Waals surface area contributed by atoms with Crippen LogP contribution >= 0.6 is 0 Å². The zero-order chi connectivity index (χ0) is 9.26. The van der Waals surface area contributed by atoms with E-state index in [0.717, 1.165) is 25.3 Å². The molecule has 70 valence electrons. The maximum atomic E-state index is 4.55. The van der Waals surface area contributed by atoms with E-state index in [9.17, 15) is 0 Å². The Hall–Kier alpha value is -0.960. The lowest BCUT2D eigenvalue weighted by Gasteiger charge is -2.07. The molecule has 0 aromatic carbocycles. The van der Waals surface area contributed by atoms with Gasteiger partial charge < -0.3 is 5.32 Å². The average molecular weight is 177 g/mol. The first-order valence-electron chi connectivity index (χ1n) is 4.86. The van der Waals surface area contributed by atoms with Gasteiger partial charge in [-0.05, 0) is 6.42 Å². The van der Waals surface area contributed by atoms with Crippen molar-refractivity contribution in [3.05, 3.63) is 23.3 Å². The van der Waals surface area contributed by atoms with Crippen LogP contribution < -0.4 is 5.32 Å². The molecule has 0 amide bonds. The highest BCUT2D eigenvalue weighted by Gasteiger charge is 2.14. The summed E-state index contributed by atoms with van der Waals surface area (Å²) in [6.07, 6.45) is 3.07. The van der Waals surface area contributed by atoms with Gasteiger partial charge in [-0.2, -0.15) is 0 Å². The van der Waals surface area contributed by atoms with Crippen molar-refractivity contribution in [3.8, 4) is 0 Å². The Morgan fingerprint density at radius 1 is 1.54 bits per heavy atom. The van der Waals surface area contributed by atoms with E-state index in [1.165, 1.54) is 11.3 Å². The Labute approximate surface area is 78.6 Å². The van der Waals surface area contributed by atoms with Crippen LogP contribution in [0.15, 0.2) is 6.20 Å². The van der Waals surface area contributed by atoms with E-state index in [4.69, 9.17) is 0 Å². The van der Waals surface area contributed by atoms with Gasteiger partial charge in [-0.3, -0.25) is 0 Å². The van der Waals surface area contributed by atoms with E-state index >= 15 is 0 Å². The molecular weight excluding hydrogens is 162 g/mol. The maximum absolute atomic E-state index is 4.55. The highest BCUT2D eigenvalue weighted by Crippen LogP contribution is 2.17. The third-order valence-corrected chi connectivity index (χ3v) is 2.63. The minimum absolute atomic E-state index is 0.478. The van der Waals surface area contributed by atoms with Crippen LogP contribution in [0.25, 0.3) is 0 Å². The molecule has 0 spiro atoms. The van der Waals surface area contributed by atoms with Crippen LogP contribution in [0, 0.1) is 0 Å². The summed E-state index contributed by atoms with van der Waals surface area (Å²) in [4.78, 5) is 8.92. The van der Waals surface area contributed by atoms with Crippen molar-refractivity contribution < 1.29 is 0 Å². The number of aromatic nitrogens is 2. The molecule has 2 heterocycles. The standard InChI is InChI=1S/C10H15N3/c1-3-7(2)10-12-5-8-4-11-6-9(8)13-10/h5,7,11H,3-4,6H2,1-2H3. The molecule has 1 aromatic rings. The molecule has 0 aliphatic carbocycles. The van der Waals surface area contributed by atoms with Crippen LogP contribution in [-0.2, 0) is 13.1 Å². The van der Waals surface area contributed by atoms with Crippen molar-refractivity contribution in [1.29, 1.82) is 0 Å². The van der Waals surface area contributed by atoms with Gasteiger partial charge >= 0.3 is 0 Å². The van der Waals surface area contributed by atoms with Gasteiger partial charge in [0.2, 0.25) is 0 Å². The molecule has 1 aromatic heterocycles. The molecule has 3 nitrogen and oxygen atoms in total. The van der Waals surface area contributed by atoms with Gasteiger partial charge in [0.25, 0.3) is 0 Å². The zero-order valence-corrected chi connectivity index (χ0v) is 8.17. The molecule has 0 saturated heterocycles. The molecule has 0 fully saturated rings. The summed E-state index contributed by atoms with van der Waals surface area (Å²) in [5.41, 5.74) is 2.44. The van der Waals surface area contributed by atoms with Gasteiger partial charge in [0.05, 0.1) is 5.69 Å². The van der Waals surface area contributed by atoms with Crippen molar-refractivity contribution in [1.82, 2.24) is 15.3 Å². The topological polar surface area (TPSA) is 37.8 Å². The van der Waals surface area contributed by atoms with Gasteiger partial charge in [-0.25, -0.2) is 9.97 Å². The average Bonchev–Trinajstić information content (AvgIpc) is 2.63. The molecule has 3 heteroatoms. The summed E-state index contributed by atoms with van der Waals surface area (Å²) in [6, 6.07) is 0. The lowest BCUT2D eigenvalue weighted by Crippen LogP contribution is -2.03. The Morgan fingerprint density at radius 2 is 2.38 bits per heavy atom. The fraction of sp³-hybridized carbons (Fsp3) is 0.600. The minimum Gasteiger partial charge on any atom is -0.307 e. The van der Waals surface area contributed by atoms with E-state index in [1.54, 1.807) is 0 Å². The zero-order valence-electron chi connectivity index (χ0n) is 8.17. The Morgan fingerprint density at radius 3 is 3.15 bits per heavy atom. The third-order valence-electron chi connectivity index (χ3n) is 2.63. The second-order valence-electron chi connectivity index (χ2n) is 3.61. The largest absolute Gasteiger partial charge is 0.307 e. The summed E-state index contributed by atoms with van der Waals surface area (Å²) in [6.45, 7) is 6.17. The van der Waals surface area contributed by atoms with Gasteiger partial charge in [-0.1, -0.05) is 13.8 Å². The highest BCUT2D eigenvalue weighted by molar-refractivity contribution is 5.21. The van der Waals surface area contributed by atoms with Crippen LogP contribution in [-0.4, -0.2) is 9.97 Å². The summed E-state index contributed by atoms with van der Waals surface area (Å²) in [5, 5.41) is 3.27. The lowest BCUT2D eigenvalue weighted by molar-refractivity contribution is 0.670. The molecule has 1 aliphatic heterocycles. The van der Waals surface area contributed by atoms with Gasteiger partial charge in [-0.15, -0.1) is 0 Å². The third kappa shape index (κ3) is 1.56. The van der Waals surface area contributed by atoms with Gasteiger partial charge in [0.15, 0.2) is 0 Å². The number of fused-ring (bicyclic) bond motifs is 1. The molecule has 2 rings (SSSR count). The Balaban J connectivity index is 2.30. The number of nitrogens with zero attached hydrogens (tertiary/aromatic N) is 2. The fourth-order valence-corrected chi connectivity index (χ4v) is 1.49. The van der Waals surface area contributed by atoms with Crippen molar-refractivity contribution in [2.24, 2.45) is 0 Å². The van der Waals surface area contributed by atoms with Crippen molar-refractivity contribution in [2.45, 2.75) is 39.3 Å². The second kappa shape index (κ2) is 3.42. The number of hydrogen-bond donors (Lipinski definition) is 1. The molecule has 1 atom stereocenters. The van der Waals surface area contributed by atoms with E-state index < -0.39 is 0 Å². The molecular formula is C10H15N3. The first-order valence-corrected chi connectivity index (χ1v) is 4.86. The highest BCUT2D eigenvalue weighted by atomic mass is 15.0. The van der Waals surface area contributed by atoms with Gasteiger partial charge in [0, 0.05) is 30.8 Å². The van der Waals surface area contributed by atoms with E-state index in [2.05, 4.69) is 29.1 Å². The quantitative estimate of drug-likeness (QED) is 0.745. The van der Waals surface area contributed by atoms with Crippen LogP contribution in [0.4, 0.5) is 0 Å². The van der Waals surface area contributed by atoms with Crippen molar-refractivity contribution >= 4 is 0 Å². The Kier molecular flexibility index (Phi) is 2.27. The number of hydrogen-bond acceptors (Lipinski definition) is 3. The number of nitrogens with one attached hydrogen (secondary N) is 1. The molecule has 0 bridgehead atoms. The maximum Gasteiger partial charge on any atom is 0.131 e. The summed E-state index contributed by atoms with van der Waals surface area (Å²) in [7, 11) is 0. The van der Waals surface area contributed by atoms with Crippen LogP contribution in [0.3, 0.4) is 0 Å². The summed E-state index contributed by atoms with van der Waals surface area (Å²) >= 11 is 0. The first kappa shape index (κ1) is 8.63. The van der Waals surface area contributed by atoms with Crippen LogP contribution in [0.5, 0.6) is 0 Å². The van der Waals surface area contributed by atoms with Crippen LogP contribution in [0.1, 0.15) is 43.3 Å². The molecule has 13 heavy (non-hydrogen) atoms. The Bertz CT molecular complexity index is 309. The monoisotopic (exact) mass is 177 g/mol. The van der Waals surface area contributed by atoms with Crippen molar-refractivity contribution in [3.63, 3.8) is 0 Å². The second-order valence-corrected chi connectivity index (χ2v) is 3.61. The van der Waals surface area contributed by atoms with E-state index in [0.29, 0.717) is 5.92 Å². The minimum atomic E-state index is 0.478. The molecule has 0 saturated carbocycles. The molecule has 1 N–H and O–H groups in total. The smallest absolute Gasteiger partial charge is 0.131 e. The molecule has 1 unspecified atom stereocenters. The van der Waals surface area contributed by atoms with E-state index in [-0.39, 0.29) is 0 Å². The van der Waals surface area contributed by atoms with Gasteiger partial charge in [0.1, 0.15) is 5.82 Å². The van der Waals surface area contributed by atoms with E-state index in [1.807, 2.05) is 6.20 Å². The lowest BCUT2D eigenvalue weighted by atomic mass is 10.1. The summed E-state index contributed by atoms with van der Waals surface area (Å²) in [5.74, 6) is 1.47. The predicted octanol–water partition coefficient (Wildman–Crippen LogP) is 1.59. The first-order chi connectivity index (χ1) is 6.31. The summed E-state index contributed by atoms with van der Waals surface area (Å²) < 4.78 is 0. The molecule has 1 aliphatic rings.